The van der Waals surface area contributed by atoms with Gasteiger partial charge in [-0.15, -0.1) is 0 Å². The second kappa shape index (κ2) is 8.49. The maximum absolute atomic E-state index is 13.7. The third kappa shape index (κ3) is 5.51. The van der Waals surface area contributed by atoms with Crippen molar-refractivity contribution < 1.29 is 18.7 Å². The third-order valence-electron chi connectivity index (χ3n) is 4.08. The molecule has 1 atom stereocenters. The summed E-state index contributed by atoms with van der Waals surface area (Å²) in [6.45, 7) is 7.76. The van der Waals surface area contributed by atoms with E-state index in [0.717, 1.165) is 11.6 Å². The van der Waals surface area contributed by atoms with Crippen LogP contribution in [0.4, 0.5) is 4.39 Å². The van der Waals surface area contributed by atoms with Crippen molar-refractivity contribution in [2.45, 2.75) is 39.2 Å². The molecular formula is C22H22ClFO3. The van der Waals surface area contributed by atoms with E-state index in [1.807, 2.05) is 12.1 Å². The molecule has 0 aliphatic carbocycles. The van der Waals surface area contributed by atoms with Crippen molar-refractivity contribution in [2.24, 2.45) is 0 Å². The van der Waals surface area contributed by atoms with Gasteiger partial charge in [0, 0.05) is 17.2 Å². The highest BCUT2D eigenvalue weighted by molar-refractivity contribution is 6.32. The molecule has 0 aliphatic rings. The highest BCUT2D eigenvalue weighted by Gasteiger charge is 2.20. The summed E-state index contributed by atoms with van der Waals surface area (Å²) in [5, 5.41) is 0.183. The van der Waals surface area contributed by atoms with Crippen LogP contribution in [0.25, 0.3) is 6.08 Å². The van der Waals surface area contributed by atoms with Gasteiger partial charge in [-0.3, -0.25) is 4.79 Å². The lowest BCUT2D eigenvalue weighted by molar-refractivity contribution is -0.140. The Hall–Kier alpha value is -2.46. The first kappa shape index (κ1) is 20.8. The van der Waals surface area contributed by atoms with Crippen LogP contribution in [0.2, 0.25) is 5.02 Å². The normalized spacial score (nSPS) is 12.8. The molecule has 0 fully saturated rings. The minimum Gasteiger partial charge on any atom is -0.451 e. The number of esters is 1. The molecule has 5 heteroatoms. The largest absolute Gasteiger partial charge is 0.451 e. The molecule has 0 aromatic heterocycles. The number of carbonyl (C=O) groups excluding carboxylic acids is 2. The van der Waals surface area contributed by atoms with Crippen molar-refractivity contribution in [3.63, 3.8) is 0 Å². The van der Waals surface area contributed by atoms with Gasteiger partial charge in [0.2, 0.25) is 5.78 Å². The van der Waals surface area contributed by atoms with Crippen molar-refractivity contribution in [2.75, 3.05) is 0 Å². The second-order valence-corrected chi connectivity index (χ2v) is 7.65. The standard InChI is InChI=1S/C22H22ClFO3/c1-14(21(26)15-8-10-16(11-9-15)22(2,3)4)27-20(25)13-12-17-18(23)6-5-7-19(17)24/h5-14H,1-4H3/b13-12+/t14-/m1/s1. The fourth-order valence-electron chi connectivity index (χ4n) is 2.46. The number of hydrogen-bond donors (Lipinski definition) is 0. The van der Waals surface area contributed by atoms with Crippen molar-refractivity contribution in [3.05, 3.63) is 76.1 Å². The Kier molecular flexibility index (Phi) is 6.55. The molecule has 0 spiro atoms. The number of benzene rings is 2. The number of carbonyl (C=O) groups is 2. The highest BCUT2D eigenvalue weighted by Crippen LogP contribution is 2.23. The fourth-order valence-corrected chi connectivity index (χ4v) is 2.68. The van der Waals surface area contributed by atoms with Crippen LogP contribution >= 0.6 is 11.6 Å². The zero-order chi connectivity index (χ0) is 20.2. The van der Waals surface area contributed by atoms with Gasteiger partial charge in [-0.05, 0) is 36.1 Å². The van der Waals surface area contributed by atoms with Crippen molar-refractivity contribution >= 4 is 29.4 Å². The van der Waals surface area contributed by atoms with E-state index in [-0.39, 0.29) is 21.8 Å². The Morgan fingerprint density at radius 1 is 1.11 bits per heavy atom. The van der Waals surface area contributed by atoms with Crippen LogP contribution < -0.4 is 0 Å². The SMILES string of the molecule is C[C@@H](OC(=O)/C=C/c1c(F)cccc1Cl)C(=O)c1ccc(C(C)(C)C)cc1. The number of hydrogen-bond acceptors (Lipinski definition) is 3. The lowest BCUT2D eigenvalue weighted by Crippen LogP contribution is -2.23. The van der Waals surface area contributed by atoms with Gasteiger partial charge in [-0.25, -0.2) is 9.18 Å². The van der Waals surface area contributed by atoms with E-state index in [2.05, 4.69) is 20.8 Å². The molecule has 0 heterocycles. The Labute approximate surface area is 163 Å². The van der Waals surface area contributed by atoms with Crippen LogP contribution in [-0.2, 0) is 14.9 Å². The summed E-state index contributed by atoms with van der Waals surface area (Å²) in [5.41, 5.74) is 1.64. The van der Waals surface area contributed by atoms with Gasteiger partial charge >= 0.3 is 5.97 Å². The maximum atomic E-state index is 13.7. The monoisotopic (exact) mass is 388 g/mol. The van der Waals surface area contributed by atoms with E-state index in [9.17, 15) is 14.0 Å². The molecule has 0 unspecified atom stereocenters. The maximum Gasteiger partial charge on any atom is 0.331 e. The average Bonchev–Trinajstić information content (AvgIpc) is 2.60. The van der Waals surface area contributed by atoms with Crippen molar-refractivity contribution in [3.8, 4) is 0 Å². The molecule has 3 nitrogen and oxygen atoms in total. The van der Waals surface area contributed by atoms with E-state index in [4.69, 9.17) is 16.3 Å². The van der Waals surface area contributed by atoms with E-state index in [1.54, 1.807) is 12.1 Å². The Balaban J connectivity index is 2.03. The quantitative estimate of drug-likeness (QED) is 0.380. The van der Waals surface area contributed by atoms with Crippen LogP contribution in [0.3, 0.4) is 0 Å². The minimum atomic E-state index is -0.960. The molecule has 0 amide bonds. The van der Waals surface area contributed by atoms with Crippen LogP contribution in [0.5, 0.6) is 0 Å². The van der Waals surface area contributed by atoms with Gasteiger partial charge in [-0.2, -0.15) is 0 Å². The molecular weight excluding hydrogens is 367 g/mol. The topological polar surface area (TPSA) is 43.4 Å². The highest BCUT2D eigenvalue weighted by atomic mass is 35.5. The number of ketones is 1. The van der Waals surface area contributed by atoms with Crippen molar-refractivity contribution in [1.29, 1.82) is 0 Å². The zero-order valence-corrected chi connectivity index (χ0v) is 16.5. The molecule has 0 aliphatic heterocycles. The summed E-state index contributed by atoms with van der Waals surface area (Å²) in [4.78, 5) is 24.4. The van der Waals surface area contributed by atoms with E-state index in [1.165, 1.54) is 31.2 Å². The third-order valence-corrected chi connectivity index (χ3v) is 4.41. The minimum absolute atomic E-state index is 0.0154. The van der Waals surface area contributed by atoms with Gasteiger partial charge < -0.3 is 4.74 Å². The molecule has 0 saturated heterocycles. The number of halogens is 2. The van der Waals surface area contributed by atoms with E-state index >= 15 is 0 Å². The molecule has 0 saturated carbocycles. The van der Waals surface area contributed by atoms with Crippen LogP contribution in [0, 0.1) is 5.82 Å². The molecule has 2 aromatic carbocycles. The number of Topliss-reactive ketones (excluding diaryl/α,β-unsaturated/α-hetero) is 1. The van der Waals surface area contributed by atoms with Gasteiger partial charge in [0.05, 0.1) is 5.02 Å². The summed E-state index contributed by atoms with van der Waals surface area (Å²) < 4.78 is 18.8. The fraction of sp³-hybridized carbons (Fsp3) is 0.273. The van der Waals surface area contributed by atoms with Gasteiger partial charge in [0.25, 0.3) is 0 Å². The summed E-state index contributed by atoms with van der Waals surface area (Å²) >= 11 is 5.90. The van der Waals surface area contributed by atoms with Crippen LogP contribution in [0.1, 0.15) is 49.2 Å². The predicted molar refractivity (Wildman–Crippen MR) is 105 cm³/mol. The number of rotatable bonds is 5. The molecule has 2 rings (SSSR count). The Morgan fingerprint density at radius 3 is 2.30 bits per heavy atom. The lowest BCUT2D eigenvalue weighted by Gasteiger charge is -2.19. The van der Waals surface area contributed by atoms with E-state index in [0.29, 0.717) is 5.56 Å². The Morgan fingerprint density at radius 2 is 1.74 bits per heavy atom. The van der Waals surface area contributed by atoms with Gasteiger partial charge in [0.1, 0.15) is 5.82 Å². The molecule has 0 N–H and O–H groups in total. The second-order valence-electron chi connectivity index (χ2n) is 7.24. The number of ether oxygens (including phenoxy) is 1. The van der Waals surface area contributed by atoms with Crippen LogP contribution in [0.15, 0.2) is 48.5 Å². The molecule has 0 radical (unpaired) electrons. The first-order chi connectivity index (χ1) is 12.6. The van der Waals surface area contributed by atoms with Gasteiger partial charge in [0.15, 0.2) is 6.10 Å². The molecule has 27 heavy (non-hydrogen) atoms. The zero-order valence-electron chi connectivity index (χ0n) is 15.8. The lowest BCUT2D eigenvalue weighted by atomic mass is 9.86. The molecule has 142 valence electrons. The summed E-state index contributed by atoms with van der Waals surface area (Å²) in [5.74, 6) is -1.60. The van der Waals surface area contributed by atoms with E-state index < -0.39 is 17.9 Å². The summed E-state index contributed by atoms with van der Waals surface area (Å²) in [6.07, 6.45) is 1.32. The van der Waals surface area contributed by atoms with Crippen molar-refractivity contribution in [1.82, 2.24) is 0 Å². The summed E-state index contributed by atoms with van der Waals surface area (Å²) in [6, 6.07) is 11.5. The summed E-state index contributed by atoms with van der Waals surface area (Å²) in [7, 11) is 0. The Bertz CT molecular complexity index is 844. The molecule has 2 aromatic rings. The average molecular weight is 389 g/mol. The molecule has 0 bridgehead atoms. The first-order valence-corrected chi connectivity index (χ1v) is 8.95. The predicted octanol–water partition coefficient (Wildman–Crippen LogP) is 5.60. The van der Waals surface area contributed by atoms with Gasteiger partial charge in [-0.1, -0.05) is 62.7 Å². The smallest absolute Gasteiger partial charge is 0.331 e. The van der Waals surface area contributed by atoms with Crippen LogP contribution in [-0.4, -0.2) is 17.9 Å². The first-order valence-electron chi connectivity index (χ1n) is 8.57.